The van der Waals surface area contributed by atoms with Crippen LogP contribution in [0.2, 0.25) is 5.02 Å². The van der Waals surface area contributed by atoms with Gasteiger partial charge in [0.25, 0.3) is 5.91 Å². The number of ether oxygens (including phenoxy) is 1. The lowest BCUT2D eigenvalue weighted by molar-refractivity contribution is -0.113. The first-order valence-corrected chi connectivity index (χ1v) is 6.03. The summed E-state index contributed by atoms with van der Waals surface area (Å²) in [5.74, 6) is 0.510. The number of benzene rings is 1. The molecule has 1 aliphatic heterocycles. The van der Waals surface area contributed by atoms with Crippen LogP contribution in [-0.4, -0.2) is 22.7 Å². The Morgan fingerprint density at radius 3 is 3.16 bits per heavy atom. The predicted octanol–water partition coefficient (Wildman–Crippen LogP) is 2.48. The summed E-state index contributed by atoms with van der Waals surface area (Å²) < 4.78 is 5.52. The van der Waals surface area contributed by atoms with Gasteiger partial charge in [-0.05, 0) is 24.3 Å². The molecule has 0 radical (unpaired) electrons. The summed E-state index contributed by atoms with van der Waals surface area (Å²) in [7, 11) is 0. The van der Waals surface area contributed by atoms with Crippen molar-refractivity contribution in [2.45, 2.75) is 0 Å². The first kappa shape index (κ1) is 11.8. The normalized spacial score (nSPS) is 13.2. The molecule has 0 aliphatic carbocycles. The van der Waals surface area contributed by atoms with Crippen molar-refractivity contribution in [1.29, 1.82) is 0 Å². The molecule has 0 saturated carbocycles. The highest BCUT2D eigenvalue weighted by Crippen LogP contribution is 2.29. The van der Waals surface area contributed by atoms with Crippen LogP contribution in [0.5, 0.6) is 5.75 Å². The molecule has 19 heavy (non-hydrogen) atoms. The van der Waals surface area contributed by atoms with Gasteiger partial charge in [-0.25, -0.2) is 0 Å². The second-order valence-electron chi connectivity index (χ2n) is 4.08. The molecule has 0 unspecified atom stereocenters. The van der Waals surface area contributed by atoms with Crippen LogP contribution in [0.4, 0.5) is 5.69 Å². The summed E-state index contributed by atoms with van der Waals surface area (Å²) in [5, 5.41) is 9.72. The smallest absolute Gasteiger partial charge is 0.255 e. The number of nitrogens with zero attached hydrogens (tertiary/aromatic N) is 1. The fraction of sp³-hybridized carbons (Fsp3) is 0.0769. The van der Waals surface area contributed by atoms with E-state index in [9.17, 15) is 4.79 Å². The van der Waals surface area contributed by atoms with E-state index >= 15 is 0 Å². The number of carbonyl (C=O) groups excluding carboxylic acids is 1. The molecule has 0 spiro atoms. The van der Waals surface area contributed by atoms with Crippen molar-refractivity contribution in [1.82, 2.24) is 10.2 Å². The minimum absolute atomic E-state index is 0.216. The van der Waals surface area contributed by atoms with Crippen LogP contribution in [0, 0.1) is 0 Å². The summed E-state index contributed by atoms with van der Waals surface area (Å²) in [4.78, 5) is 12.0. The van der Waals surface area contributed by atoms with Crippen molar-refractivity contribution in [3.63, 3.8) is 0 Å². The Hall–Kier alpha value is -2.27. The number of hydrogen-bond acceptors (Lipinski definition) is 3. The molecular formula is C13H10ClN3O2. The monoisotopic (exact) mass is 275 g/mol. The minimum Gasteiger partial charge on any atom is -0.488 e. The molecule has 0 bridgehead atoms. The van der Waals surface area contributed by atoms with Gasteiger partial charge in [0.2, 0.25) is 0 Å². The first-order valence-electron chi connectivity index (χ1n) is 5.65. The number of amides is 1. The largest absolute Gasteiger partial charge is 0.488 e. The Morgan fingerprint density at radius 2 is 2.37 bits per heavy atom. The maximum Gasteiger partial charge on any atom is 0.255 e. The molecule has 1 amide bonds. The van der Waals surface area contributed by atoms with Gasteiger partial charge in [0, 0.05) is 16.8 Å². The number of fused-ring (bicyclic) bond motifs is 1. The molecule has 1 aromatic heterocycles. The molecule has 96 valence electrons. The molecular weight excluding hydrogens is 266 g/mol. The van der Waals surface area contributed by atoms with Gasteiger partial charge >= 0.3 is 0 Å². The average molecular weight is 276 g/mol. The van der Waals surface area contributed by atoms with Gasteiger partial charge < -0.3 is 10.1 Å². The van der Waals surface area contributed by atoms with Gasteiger partial charge in [-0.15, -0.1) is 0 Å². The number of nitrogens with one attached hydrogen (secondary N) is 2. The Balaban J connectivity index is 1.84. The van der Waals surface area contributed by atoms with Gasteiger partial charge in [0.15, 0.2) is 0 Å². The van der Waals surface area contributed by atoms with Gasteiger partial charge in [0.05, 0.1) is 17.5 Å². The van der Waals surface area contributed by atoms with Crippen LogP contribution in [0.1, 0.15) is 5.56 Å². The van der Waals surface area contributed by atoms with Crippen LogP contribution in [-0.2, 0) is 4.79 Å². The number of rotatable bonds is 2. The van der Waals surface area contributed by atoms with Crippen LogP contribution >= 0.6 is 11.6 Å². The number of aromatic amines is 1. The van der Waals surface area contributed by atoms with Crippen molar-refractivity contribution in [2.75, 3.05) is 11.9 Å². The molecule has 2 heterocycles. The van der Waals surface area contributed by atoms with Gasteiger partial charge in [-0.2, -0.15) is 5.10 Å². The molecule has 0 saturated heterocycles. The van der Waals surface area contributed by atoms with Crippen LogP contribution in [0.25, 0.3) is 6.08 Å². The lowest BCUT2D eigenvalue weighted by Gasteiger charge is -2.17. The number of aromatic nitrogens is 2. The summed E-state index contributed by atoms with van der Waals surface area (Å²) >= 11 is 5.92. The third kappa shape index (κ3) is 2.46. The van der Waals surface area contributed by atoms with E-state index in [1.165, 1.54) is 6.20 Å². The van der Waals surface area contributed by atoms with E-state index in [2.05, 4.69) is 15.5 Å². The van der Waals surface area contributed by atoms with Gasteiger partial charge in [-0.1, -0.05) is 11.6 Å². The molecule has 1 aliphatic rings. The fourth-order valence-corrected chi connectivity index (χ4v) is 1.99. The standard InChI is InChI=1S/C13H10ClN3O2/c14-10-1-2-12-8(4-10)3-9(7-19-12)13(18)17-11-5-15-16-6-11/h1-6H,7H2,(H,15,16)(H,17,18). The fourth-order valence-electron chi connectivity index (χ4n) is 1.81. The lowest BCUT2D eigenvalue weighted by atomic mass is 10.1. The highest BCUT2D eigenvalue weighted by atomic mass is 35.5. The summed E-state index contributed by atoms with van der Waals surface area (Å²) in [6.45, 7) is 0.234. The molecule has 5 nitrogen and oxygen atoms in total. The molecule has 2 aromatic rings. The van der Waals surface area contributed by atoms with Gasteiger partial charge in [0.1, 0.15) is 12.4 Å². The molecule has 1 aromatic carbocycles. The van der Waals surface area contributed by atoms with E-state index < -0.39 is 0 Å². The van der Waals surface area contributed by atoms with Crippen LogP contribution in [0.15, 0.2) is 36.2 Å². The zero-order valence-electron chi connectivity index (χ0n) is 9.81. The Bertz CT molecular complexity index is 650. The zero-order valence-corrected chi connectivity index (χ0v) is 10.6. The first-order chi connectivity index (χ1) is 9.22. The summed E-state index contributed by atoms with van der Waals surface area (Å²) in [6.07, 6.45) is 4.92. The van der Waals surface area contributed by atoms with E-state index in [-0.39, 0.29) is 12.5 Å². The second kappa shape index (κ2) is 4.78. The summed E-state index contributed by atoms with van der Waals surface area (Å²) in [6, 6.07) is 5.31. The molecule has 0 fully saturated rings. The van der Waals surface area contributed by atoms with Crippen LogP contribution < -0.4 is 10.1 Å². The van der Waals surface area contributed by atoms with Crippen molar-refractivity contribution in [2.24, 2.45) is 0 Å². The summed E-state index contributed by atoms with van der Waals surface area (Å²) in [5.41, 5.74) is 1.95. The predicted molar refractivity (Wildman–Crippen MR) is 72.1 cm³/mol. The van der Waals surface area contributed by atoms with E-state index in [0.29, 0.717) is 16.3 Å². The lowest BCUT2D eigenvalue weighted by Crippen LogP contribution is -2.21. The molecule has 3 rings (SSSR count). The van der Waals surface area contributed by atoms with Crippen molar-refractivity contribution in [3.8, 4) is 5.75 Å². The number of halogens is 1. The highest BCUT2D eigenvalue weighted by molar-refractivity contribution is 6.30. The quantitative estimate of drug-likeness (QED) is 0.885. The minimum atomic E-state index is -0.216. The average Bonchev–Trinajstić information content (AvgIpc) is 2.90. The van der Waals surface area contributed by atoms with E-state index in [0.717, 1.165) is 11.3 Å². The highest BCUT2D eigenvalue weighted by Gasteiger charge is 2.17. The van der Waals surface area contributed by atoms with Crippen molar-refractivity contribution >= 4 is 29.3 Å². The molecule has 2 N–H and O–H groups in total. The maximum atomic E-state index is 12.0. The van der Waals surface area contributed by atoms with E-state index in [4.69, 9.17) is 16.3 Å². The number of H-pyrrole nitrogens is 1. The third-order valence-corrected chi connectivity index (χ3v) is 2.97. The Kier molecular flexibility index (Phi) is 2.97. The number of hydrogen-bond donors (Lipinski definition) is 2. The number of carbonyl (C=O) groups is 1. The van der Waals surface area contributed by atoms with Gasteiger partial charge in [-0.3, -0.25) is 9.89 Å². The van der Waals surface area contributed by atoms with Crippen LogP contribution in [0.3, 0.4) is 0 Å². The SMILES string of the molecule is O=C(Nc1cn[nH]c1)C1=Cc2cc(Cl)ccc2OC1. The second-order valence-corrected chi connectivity index (χ2v) is 4.52. The van der Waals surface area contributed by atoms with E-state index in [1.807, 2.05) is 0 Å². The Morgan fingerprint density at radius 1 is 1.47 bits per heavy atom. The van der Waals surface area contributed by atoms with Crippen molar-refractivity contribution in [3.05, 3.63) is 46.8 Å². The zero-order chi connectivity index (χ0) is 13.2. The topological polar surface area (TPSA) is 67.0 Å². The van der Waals surface area contributed by atoms with Crippen molar-refractivity contribution < 1.29 is 9.53 Å². The number of anilines is 1. The Labute approximate surface area is 114 Å². The third-order valence-electron chi connectivity index (χ3n) is 2.73. The molecule has 0 atom stereocenters. The molecule has 6 heteroatoms. The maximum absolute atomic E-state index is 12.0. The van der Waals surface area contributed by atoms with E-state index in [1.54, 1.807) is 30.5 Å².